The Labute approximate surface area is 122 Å². The number of thioether (sulfide) groups is 1. The van der Waals surface area contributed by atoms with Crippen LogP contribution in [-0.2, 0) is 11.5 Å². The molecule has 3 heterocycles. The van der Waals surface area contributed by atoms with Crippen LogP contribution in [0.3, 0.4) is 0 Å². The zero-order valence-electron chi connectivity index (χ0n) is 11.5. The van der Waals surface area contributed by atoms with E-state index in [9.17, 15) is 0 Å². The molecular weight excluding hydrogens is 272 g/mol. The zero-order chi connectivity index (χ0) is 13.9. The molecule has 1 N–H and O–H groups in total. The minimum absolute atomic E-state index is 0.575. The predicted molar refractivity (Wildman–Crippen MR) is 81.0 cm³/mol. The first-order valence-corrected chi connectivity index (χ1v) is 7.70. The Morgan fingerprint density at radius 3 is 2.95 bits per heavy atom. The second kappa shape index (κ2) is 5.66. The molecule has 5 nitrogen and oxygen atoms in total. The summed E-state index contributed by atoms with van der Waals surface area (Å²) in [6, 6.07) is 5.62. The first-order valence-electron chi connectivity index (χ1n) is 6.54. The third-order valence-corrected chi connectivity index (χ3v) is 4.05. The van der Waals surface area contributed by atoms with Gasteiger partial charge in [-0.15, -0.1) is 0 Å². The Bertz CT molecular complexity index is 633. The van der Waals surface area contributed by atoms with Gasteiger partial charge >= 0.3 is 0 Å². The quantitative estimate of drug-likeness (QED) is 0.933. The lowest BCUT2D eigenvalue weighted by molar-refractivity contribution is 0.398. The van der Waals surface area contributed by atoms with E-state index in [2.05, 4.69) is 27.2 Å². The second-order valence-corrected chi connectivity index (χ2v) is 5.39. The van der Waals surface area contributed by atoms with Crippen molar-refractivity contribution < 1.29 is 4.74 Å². The van der Waals surface area contributed by atoms with E-state index in [4.69, 9.17) is 4.74 Å². The van der Waals surface area contributed by atoms with Crippen LogP contribution in [0.1, 0.15) is 18.2 Å². The van der Waals surface area contributed by atoms with Gasteiger partial charge in [-0.05, 0) is 13.0 Å². The number of hydrogen-bond acceptors (Lipinski definition) is 6. The number of aromatic nitrogens is 3. The van der Waals surface area contributed by atoms with Gasteiger partial charge in [0.15, 0.2) is 5.82 Å². The highest BCUT2D eigenvalue weighted by atomic mass is 32.2. The predicted octanol–water partition coefficient (Wildman–Crippen LogP) is 2.73. The van der Waals surface area contributed by atoms with E-state index in [1.165, 1.54) is 5.56 Å². The van der Waals surface area contributed by atoms with Gasteiger partial charge in [0.05, 0.1) is 12.8 Å². The first-order chi connectivity index (χ1) is 9.81. The normalized spacial score (nSPS) is 13.1. The molecule has 1 aliphatic heterocycles. The SMILES string of the molecule is CCNc1nc(-c2cccc(OC)n2)nc2c1CSC2. The van der Waals surface area contributed by atoms with Crippen LogP contribution in [0.4, 0.5) is 5.82 Å². The molecule has 20 heavy (non-hydrogen) atoms. The van der Waals surface area contributed by atoms with Crippen molar-refractivity contribution in [2.45, 2.75) is 18.4 Å². The third-order valence-electron chi connectivity index (χ3n) is 3.08. The largest absolute Gasteiger partial charge is 0.481 e. The Hall–Kier alpha value is -1.82. The molecule has 1 aliphatic rings. The topological polar surface area (TPSA) is 59.9 Å². The monoisotopic (exact) mass is 288 g/mol. The number of pyridine rings is 1. The van der Waals surface area contributed by atoms with Gasteiger partial charge in [0.2, 0.25) is 5.88 Å². The maximum absolute atomic E-state index is 5.16. The molecule has 104 valence electrons. The molecule has 0 aromatic carbocycles. The van der Waals surface area contributed by atoms with Crippen LogP contribution in [0.5, 0.6) is 5.88 Å². The van der Waals surface area contributed by atoms with Crippen molar-refractivity contribution >= 4 is 17.6 Å². The van der Waals surface area contributed by atoms with Crippen molar-refractivity contribution in [2.24, 2.45) is 0 Å². The summed E-state index contributed by atoms with van der Waals surface area (Å²) >= 11 is 1.87. The number of fused-ring (bicyclic) bond motifs is 1. The summed E-state index contributed by atoms with van der Waals surface area (Å²) in [4.78, 5) is 13.7. The molecule has 0 bridgehead atoms. The molecule has 0 amide bonds. The molecule has 0 atom stereocenters. The van der Waals surface area contributed by atoms with Crippen molar-refractivity contribution in [1.29, 1.82) is 0 Å². The molecule has 0 fully saturated rings. The highest BCUT2D eigenvalue weighted by molar-refractivity contribution is 7.98. The maximum atomic E-state index is 5.16. The molecule has 0 aliphatic carbocycles. The molecule has 0 radical (unpaired) electrons. The average molecular weight is 288 g/mol. The van der Waals surface area contributed by atoms with Crippen molar-refractivity contribution in [3.8, 4) is 17.4 Å². The van der Waals surface area contributed by atoms with E-state index >= 15 is 0 Å². The number of nitrogens with zero attached hydrogens (tertiary/aromatic N) is 3. The van der Waals surface area contributed by atoms with Crippen LogP contribution in [0.15, 0.2) is 18.2 Å². The average Bonchev–Trinajstić information content (AvgIpc) is 2.96. The molecule has 6 heteroatoms. The van der Waals surface area contributed by atoms with Gasteiger partial charge in [-0.3, -0.25) is 0 Å². The Morgan fingerprint density at radius 1 is 1.25 bits per heavy atom. The number of methoxy groups -OCH3 is 1. The lowest BCUT2D eigenvalue weighted by Gasteiger charge is -2.10. The third kappa shape index (κ3) is 2.43. The number of hydrogen-bond donors (Lipinski definition) is 1. The van der Waals surface area contributed by atoms with Crippen molar-refractivity contribution in [1.82, 2.24) is 15.0 Å². The van der Waals surface area contributed by atoms with E-state index in [0.717, 1.165) is 35.3 Å². The van der Waals surface area contributed by atoms with Gasteiger partial charge in [0.1, 0.15) is 11.5 Å². The number of anilines is 1. The van der Waals surface area contributed by atoms with Crippen LogP contribution in [-0.4, -0.2) is 28.6 Å². The fraction of sp³-hybridized carbons (Fsp3) is 0.357. The zero-order valence-corrected chi connectivity index (χ0v) is 12.3. The van der Waals surface area contributed by atoms with E-state index < -0.39 is 0 Å². The minimum Gasteiger partial charge on any atom is -0.481 e. The van der Waals surface area contributed by atoms with Crippen LogP contribution in [0.2, 0.25) is 0 Å². The molecule has 0 unspecified atom stereocenters. The van der Waals surface area contributed by atoms with E-state index in [0.29, 0.717) is 11.7 Å². The van der Waals surface area contributed by atoms with Gasteiger partial charge in [-0.1, -0.05) is 6.07 Å². The highest BCUT2D eigenvalue weighted by Gasteiger charge is 2.20. The minimum atomic E-state index is 0.575. The number of ether oxygens (including phenoxy) is 1. The fourth-order valence-electron chi connectivity index (χ4n) is 2.13. The summed E-state index contributed by atoms with van der Waals surface area (Å²) < 4.78 is 5.16. The smallest absolute Gasteiger partial charge is 0.213 e. The van der Waals surface area contributed by atoms with Gasteiger partial charge in [-0.2, -0.15) is 11.8 Å². The Balaban J connectivity index is 2.07. The van der Waals surface area contributed by atoms with Gasteiger partial charge < -0.3 is 10.1 Å². The number of rotatable bonds is 4. The maximum Gasteiger partial charge on any atom is 0.213 e. The summed E-state index contributed by atoms with van der Waals surface area (Å²) in [7, 11) is 1.61. The number of nitrogens with one attached hydrogen (secondary N) is 1. The first kappa shape index (κ1) is 13.2. The van der Waals surface area contributed by atoms with Crippen LogP contribution in [0, 0.1) is 0 Å². The Kier molecular flexibility index (Phi) is 3.73. The molecule has 3 rings (SSSR count). The fourth-order valence-corrected chi connectivity index (χ4v) is 3.17. The lowest BCUT2D eigenvalue weighted by Crippen LogP contribution is -2.07. The van der Waals surface area contributed by atoms with Gasteiger partial charge in [-0.25, -0.2) is 15.0 Å². The summed E-state index contributed by atoms with van der Waals surface area (Å²) in [6.07, 6.45) is 0. The highest BCUT2D eigenvalue weighted by Crippen LogP contribution is 2.34. The van der Waals surface area contributed by atoms with E-state index in [1.807, 2.05) is 30.0 Å². The van der Waals surface area contributed by atoms with Crippen molar-refractivity contribution in [3.63, 3.8) is 0 Å². The summed E-state index contributed by atoms with van der Waals surface area (Å²) in [5.74, 6) is 4.07. The molecule has 0 spiro atoms. The van der Waals surface area contributed by atoms with Gasteiger partial charge in [0, 0.05) is 29.7 Å². The molecule has 2 aromatic heterocycles. The van der Waals surface area contributed by atoms with Crippen molar-refractivity contribution in [3.05, 3.63) is 29.5 Å². The van der Waals surface area contributed by atoms with E-state index in [1.54, 1.807) is 7.11 Å². The van der Waals surface area contributed by atoms with E-state index in [-0.39, 0.29) is 0 Å². The summed E-state index contributed by atoms with van der Waals surface area (Å²) in [5, 5.41) is 3.32. The molecule has 2 aromatic rings. The summed E-state index contributed by atoms with van der Waals surface area (Å²) in [6.45, 7) is 2.92. The van der Waals surface area contributed by atoms with Gasteiger partial charge in [0.25, 0.3) is 0 Å². The van der Waals surface area contributed by atoms with Crippen molar-refractivity contribution in [2.75, 3.05) is 19.0 Å². The molecule has 0 saturated carbocycles. The standard InChI is InChI=1S/C14H16N4OS/c1-3-15-13-9-7-20-8-11(9)17-14(18-13)10-5-4-6-12(16-10)19-2/h4-6H,3,7-8H2,1-2H3,(H,15,17,18). The Morgan fingerprint density at radius 2 is 2.15 bits per heavy atom. The second-order valence-electron chi connectivity index (χ2n) is 4.41. The van der Waals surface area contributed by atoms with Crippen LogP contribution in [0.25, 0.3) is 11.5 Å². The lowest BCUT2D eigenvalue weighted by atomic mass is 10.2. The summed E-state index contributed by atoms with van der Waals surface area (Å²) in [5.41, 5.74) is 3.08. The molecular formula is C14H16N4OS. The van der Waals surface area contributed by atoms with Crippen LogP contribution < -0.4 is 10.1 Å². The molecule has 0 saturated heterocycles. The van der Waals surface area contributed by atoms with Crippen LogP contribution >= 0.6 is 11.8 Å².